The highest BCUT2D eigenvalue weighted by Gasteiger charge is 2.22. The number of nitrogens with zero attached hydrogens (tertiary/aromatic N) is 4. The van der Waals surface area contributed by atoms with Gasteiger partial charge in [-0.3, -0.25) is 0 Å². The molecule has 6 heteroatoms. The summed E-state index contributed by atoms with van der Waals surface area (Å²) >= 11 is 0. The summed E-state index contributed by atoms with van der Waals surface area (Å²) in [6.45, 7) is 0. The Morgan fingerprint density at radius 3 is 1.05 bits per heavy atom. The minimum Gasteiger partial charge on any atom is -0.456 e. The first-order valence-corrected chi connectivity index (χ1v) is 28.7. The van der Waals surface area contributed by atoms with E-state index in [9.17, 15) is 0 Å². The minimum absolute atomic E-state index is 0.897. The third kappa shape index (κ3) is 6.79. The lowest BCUT2D eigenvalue weighted by Crippen LogP contribution is -1.95. The molecule has 19 rings (SSSR count). The van der Waals surface area contributed by atoms with Crippen molar-refractivity contribution in [3.8, 4) is 33.9 Å². The molecule has 0 saturated carbocycles. The molecule has 0 aliphatic rings. The van der Waals surface area contributed by atoms with E-state index in [2.05, 4.69) is 297 Å². The molecule has 84 heavy (non-hydrogen) atoms. The second-order valence-corrected chi connectivity index (χ2v) is 21.9. The first-order chi connectivity index (χ1) is 41.7. The molecule has 0 radical (unpaired) electrons. The minimum atomic E-state index is 0.897. The summed E-state index contributed by atoms with van der Waals surface area (Å²) in [5.41, 5.74) is 20.1. The average Bonchev–Trinajstić information content (AvgIpc) is 3.96. The molecule has 392 valence electrons. The predicted molar refractivity (Wildman–Crippen MR) is 350 cm³/mol. The van der Waals surface area contributed by atoms with Crippen LogP contribution in [-0.2, 0) is 0 Å². The van der Waals surface area contributed by atoms with Crippen molar-refractivity contribution in [1.29, 1.82) is 0 Å². The molecule has 6 nitrogen and oxygen atoms in total. The normalized spacial score (nSPS) is 12.0. The smallest absolute Gasteiger partial charge is 0.137 e. The molecule has 0 spiro atoms. The first kappa shape index (κ1) is 46.4. The van der Waals surface area contributed by atoms with Gasteiger partial charge in [0, 0.05) is 65.8 Å². The number of aromatic nitrogens is 4. The van der Waals surface area contributed by atoms with Gasteiger partial charge in [0.25, 0.3) is 0 Å². The molecular formula is C78H48N4O2. The van der Waals surface area contributed by atoms with Crippen molar-refractivity contribution in [2.75, 3.05) is 0 Å². The number of fused-ring (bicyclic) bond motifs is 10. The van der Waals surface area contributed by atoms with Crippen LogP contribution in [0.1, 0.15) is 0 Å². The summed E-state index contributed by atoms with van der Waals surface area (Å²) in [5.74, 6) is 0. The third-order valence-corrected chi connectivity index (χ3v) is 17.4. The van der Waals surface area contributed by atoms with Crippen molar-refractivity contribution in [3.05, 3.63) is 291 Å². The number of rotatable bonds is 5. The lowest BCUT2D eigenvalue weighted by molar-refractivity contribution is 0.663. The van der Waals surface area contributed by atoms with E-state index < -0.39 is 0 Å². The molecule has 0 amide bonds. The third-order valence-electron chi connectivity index (χ3n) is 17.4. The number of hydrogen-bond acceptors (Lipinski definition) is 2. The van der Waals surface area contributed by atoms with Crippen molar-refractivity contribution in [3.63, 3.8) is 0 Å². The number of benzene rings is 13. The molecule has 0 fully saturated rings. The second kappa shape index (κ2) is 18.1. The summed E-state index contributed by atoms with van der Waals surface area (Å²) in [5, 5.41) is 14.5. The van der Waals surface area contributed by atoms with Crippen LogP contribution in [-0.4, -0.2) is 18.3 Å². The van der Waals surface area contributed by atoms with E-state index in [0.717, 1.165) is 66.3 Å². The molecule has 6 aromatic heterocycles. The Labute approximate surface area is 480 Å². The van der Waals surface area contributed by atoms with Gasteiger partial charge in [-0.15, -0.1) is 0 Å². The van der Waals surface area contributed by atoms with Gasteiger partial charge in [-0.25, -0.2) is 0 Å². The summed E-state index contributed by atoms with van der Waals surface area (Å²) in [6, 6.07) is 104. The first-order valence-electron chi connectivity index (χ1n) is 28.7. The zero-order valence-electron chi connectivity index (χ0n) is 45.3. The van der Waals surface area contributed by atoms with Gasteiger partial charge >= 0.3 is 0 Å². The van der Waals surface area contributed by atoms with Crippen molar-refractivity contribution < 1.29 is 8.83 Å². The SMILES string of the molecule is c1ccc(-n2c3ccccc3c3cc(-c4ccc(-n5c6cccc7oc8ccccc8c8cccc5c8c76)cc4)ccc32)cc1.c1ccc(-n2c3ccccc3c3cc(-n4c5cccc6oc7ccccc7c7cccc4c7c65)ccc32)cc1. The van der Waals surface area contributed by atoms with Crippen LogP contribution in [0, 0.1) is 0 Å². The highest BCUT2D eigenvalue weighted by molar-refractivity contribution is 6.28. The van der Waals surface area contributed by atoms with Crippen LogP contribution in [0.4, 0.5) is 0 Å². The molecule has 6 heterocycles. The van der Waals surface area contributed by atoms with E-state index in [1.807, 2.05) is 12.1 Å². The van der Waals surface area contributed by atoms with Gasteiger partial charge < -0.3 is 27.1 Å². The standard InChI is InChI=1S/C42H26N2O.C36H22N2O/c1-2-10-29(11-3-1)43-35-15-6-4-12-31(35)34-26-28(22-25-36(34)43)27-20-23-30(24-21-27)44-37-16-8-14-33-32-13-5-7-18-39(32)45-40-19-9-17-38(44)42(40)41(33)37;1-2-10-23(11-3-1)37-29-15-6-4-12-25(29)28-22-24(20-21-30(28)37)38-31-16-8-14-27-26-13-5-7-18-33(26)39-34-19-9-17-32(38)36(34)35(27)31/h1-26H;1-22H. The van der Waals surface area contributed by atoms with Crippen LogP contribution in [0.25, 0.3) is 165 Å². The molecule has 0 N–H and O–H groups in total. The van der Waals surface area contributed by atoms with E-state index in [0.29, 0.717) is 0 Å². The highest BCUT2D eigenvalue weighted by Crippen LogP contribution is 2.44. The fourth-order valence-corrected chi connectivity index (χ4v) is 13.9. The topological polar surface area (TPSA) is 46.0 Å². The lowest BCUT2D eigenvalue weighted by Gasteiger charge is -2.10. The molecule has 0 unspecified atom stereocenters. The Balaban J connectivity index is 0.000000129. The molecule has 19 aromatic rings. The van der Waals surface area contributed by atoms with Gasteiger partial charge in [0.05, 0.1) is 54.9 Å². The van der Waals surface area contributed by atoms with Gasteiger partial charge in [-0.1, -0.05) is 164 Å². The van der Waals surface area contributed by atoms with Crippen molar-refractivity contribution in [1.82, 2.24) is 18.3 Å². The average molecular weight is 1070 g/mol. The van der Waals surface area contributed by atoms with Crippen LogP contribution >= 0.6 is 0 Å². The van der Waals surface area contributed by atoms with Gasteiger partial charge in [0.1, 0.15) is 22.3 Å². The summed E-state index contributed by atoms with van der Waals surface area (Å²) in [4.78, 5) is 0. The molecule has 0 saturated heterocycles. The Hall–Kier alpha value is -11.3. The van der Waals surface area contributed by atoms with E-state index in [1.165, 1.54) is 98.7 Å². The van der Waals surface area contributed by atoms with Crippen LogP contribution in [0.2, 0.25) is 0 Å². The molecule has 0 bridgehead atoms. The van der Waals surface area contributed by atoms with Crippen LogP contribution in [0.15, 0.2) is 300 Å². The maximum atomic E-state index is 6.53. The van der Waals surface area contributed by atoms with Gasteiger partial charge in [0.2, 0.25) is 0 Å². The highest BCUT2D eigenvalue weighted by atomic mass is 16.3. The maximum Gasteiger partial charge on any atom is 0.137 e. The second-order valence-electron chi connectivity index (χ2n) is 21.9. The summed E-state index contributed by atoms with van der Waals surface area (Å²) < 4.78 is 22.5. The summed E-state index contributed by atoms with van der Waals surface area (Å²) in [7, 11) is 0. The van der Waals surface area contributed by atoms with Gasteiger partial charge in [-0.2, -0.15) is 0 Å². The lowest BCUT2D eigenvalue weighted by atomic mass is 10.0. The van der Waals surface area contributed by atoms with E-state index in [4.69, 9.17) is 8.83 Å². The number of para-hydroxylation sites is 6. The molecular weight excluding hydrogens is 1020 g/mol. The van der Waals surface area contributed by atoms with E-state index in [-0.39, 0.29) is 0 Å². The van der Waals surface area contributed by atoms with E-state index >= 15 is 0 Å². The monoisotopic (exact) mass is 1070 g/mol. The Morgan fingerprint density at radius 1 is 0.179 bits per heavy atom. The van der Waals surface area contributed by atoms with Crippen LogP contribution in [0.3, 0.4) is 0 Å². The fourth-order valence-electron chi connectivity index (χ4n) is 13.9. The number of hydrogen-bond donors (Lipinski definition) is 0. The molecule has 0 aliphatic carbocycles. The van der Waals surface area contributed by atoms with Crippen molar-refractivity contribution in [2.45, 2.75) is 0 Å². The fraction of sp³-hybridized carbons (Fsp3) is 0. The Morgan fingerprint density at radius 2 is 0.512 bits per heavy atom. The maximum absolute atomic E-state index is 6.53. The quantitative estimate of drug-likeness (QED) is 0.172. The van der Waals surface area contributed by atoms with Crippen LogP contribution < -0.4 is 0 Å². The molecule has 0 aliphatic heterocycles. The zero-order valence-corrected chi connectivity index (χ0v) is 45.3. The van der Waals surface area contributed by atoms with Gasteiger partial charge in [-0.05, 0) is 149 Å². The zero-order chi connectivity index (χ0) is 55.0. The van der Waals surface area contributed by atoms with Crippen molar-refractivity contribution >= 4 is 131 Å². The van der Waals surface area contributed by atoms with Gasteiger partial charge in [0.15, 0.2) is 0 Å². The predicted octanol–water partition coefficient (Wildman–Crippen LogP) is 21.2. The molecule has 13 aromatic carbocycles. The largest absolute Gasteiger partial charge is 0.456 e. The molecule has 0 atom stereocenters. The van der Waals surface area contributed by atoms with Crippen molar-refractivity contribution in [2.24, 2.45) is 0 Å². The Bertz CT molecular complexity index is 5850. The van der Waals surface area contributed by atoms with E-state index in [1.54, 1.807) is 0 Å². The Kier molecular flexibility index (Phi) is 9.99. The van der Waals surface area contributed by atoms with Crippen LogP contribution in [0.5, 0.6) is 0 Å². The summed E-state index contributed by atoms with van der Waals surface area (Å²) in [6.07, 6.45) is 0.